The third-order valence-electron chi connectivity index (χ3n) is 2.21. The van der Waals surface area contributed by atoms with Crippen LogP contribution in [0.5, 0.6) is 5.75 Å². The Morgan fingerprint density at radius 1 is 1.59 bits per heavy atom. The van der Waals surface area contributed by atoms with Crippen molar-refractivity contribution < 1.29 is 19.7 Å². The van der Waals surface area contributed by atoms with Gasteiger partial charge < -0.3 is 26.0 Å². The minimum absolute atomic E-state index is 0.0357. The molecule has 0 aliphatic heterocycles. The fourth-order valence-electron chi connectivity index (χ4n) is 1.23. The summed E-state index contributed by atoms with van der Waals surface area (Å²) in [6, 6.07) is 4.72. The molecule has 6 nitrogen and oxygen atoms in total. The number of nitrogen functional groups attached to an aromatic ring is 1. The largest absolute Gasteiger partial charge is 0.497 e. The minimum atomic E-state index is -0.981. The Labute approximate surface area is 99.0 Å². The predicted octanol–water partition coefficient (Wildman–Crippen LogP) is -0.640. The van der Waals surface area contributed by atoms with E-state index in [-0.39, 0.29) is 12.1 Å². The number of aliphatic hydroxyl groups excluding tert-OH is 2. The third kappa shape index (κ3) is 3.61. The molecule has 6 heteroatoms. The topological polar surface area (TPSA) is 105 Å². The van der Waals surface area contributed by atoms with Crippen LogP contribution in [0.1, 0.15) is 10.4 Å². The summed E-state index contributed by atoms with van der Waals surface area (Å²) in [5.41, 5.74) is 6.25. The Bertz CT molecular complexity index is 395. The van der Waals surface area contributed by atoms with E-state index in [0.29, 0.717) is 11.4 Å². The molecule has 1 aromatic carbocycles. The molecule has 0 fully saturated rings. The van der Waals surface area contributed by atoms with Crippen molar-refractivity contribution in [1.29, 1.82) is 0 Å². The molecular weight excluding hydrogens is 224 g/mol. The third-order valence-corrected chi connectivity index (χ3v) is 2.21. The van der Waals surface area contributed by atoms with Crippen LogP contribution in [-0.4, -0.2) is 42.5 Å². The van der Waals surface area contributed by atoms with Crippen LogP contribution in [0.2, 0.25) is 0 Å². The fraction of sp³-hybridized carbons (Fsp3) is 0.364. The first-order chi connectivity index (χ1) is 8.08. The molecule has 0 radical (unpaired) electrons. The average molecular weight is 240 g/mol. The zero-order chi connectivity index (χ0) is 12.8. The molecule has 1 unspecified atom stereocenters. The Balaban J connectivity index is 2.74. The second-order valence-corrected chi connectivity index (χ2v) is 3.50. The lowest BCUT2D eigenvalue weighted by molar-refractivity contribution is 0.0802. The van der Waals surface area contributed by atoms with Crippen molar-refractivity contribution in [3.63, 3.8) is 0 Å². The summed E-state index contributed by atoms with van der Waals surface area (Å²) < 4.78 is 4.98. The van der Waals surface area contributed by atoms with Crippen LogP contribution in [0.25, 0.3) is 0 Å². The normalized spacial score (nSPS) is 11.9. The summed E-state index contributed by atoms with van der Waals surface area (Å²) in [7, 11) is 1.49. The van der Waals surface area contributed by atoms with Gasteiger partial charge in [-0.2, -0.15) is 0 Å². The number of benzene rings is 1. The van der Waals surface area contributed by atoms with Crippen LogP contribution in [-0.2, 0) is 0 Å². The summed E-state index contributed by atoms with van der Waals surface area (Å²) in [5.74, 6) is 0.0981. The monoisotopic (exact) mass is 240 g/mol. The van der Waals surface area contributed by atoms with Gasteiger partial charge in [0.1, 0.15) is 5.75 Å². The number of ether oxygens (including phenoxy) is 1. The summed E-state index contributed by atoms with van der Waals surface area (Å²) in [6.07, 6.45) is -0.981. The van der Waals surface area contributed by atoms with Gasteiger partial charge in [0.25, 0.3) is 5.91 Å². The van der Waals surface area contributed by atoms with E-state index in [0.717, 1.165) is 0 Å². The molecule has 0 aliphatic carbocycles. The highest BCUT2D eigenvalue weighted by Crippen LogP contribution is 2.19. The minimum Gasteiger partial charge on any atom is -0.497 e. The molecule has 1 aromatic rings. The number of hydrogen-bond acceptors (Lipinski definition) is 5. The molecule has 5 N–H and O–H groups in total. The molecule has 1 rings (SSSR count). The molecule has 94 valence electrons. The Kier molecular flexibility index (Phi) is 4.74. The number of aliphatic hydroxyl groups is 2. The van der Waals surface area contributed by atoms with E-state index in [2.05, 4.69) is 5.32 Å². The summed E-state index contributed by atoms with van der Waals surface area (Å²) in [4.78, 5) is 11.7. The standard InChI is InChI=1S/C11H16N2O4/c1-17-8-2-3-10(12)9(4-8)11(16)13-5-7(15)6-14/h2-4,7,14-15H,5-6,12H2,1H3,(H,13,16). The SMILES string of the molecule is COc1ccc(N)c(C(=O)NCC(O)CO)c1. The molecule has 0 saturated carbocycles. The van der Waals surface area contributed by atoms with Gasteiger partial charge in [-0.1, -0.05) is 0 Å². The highest BCUT2D eigenvalue weighted by Gasteiger charge is 2.12. The van der Waals surface area contributed by atoms with Gasteiger partial charge in [-0.3, -0.25) is 4.79 Å². The van der Waals surface area contributed by atoms with E-state index in [9.17, 15) is 4.79 Å². The van der Waals surface area contributed by atoms with Crippen molar-refractivity contribution >= 4 is 11.6 Å². The van der Waals surface area contributed by atoms with Crippen LogP contribution in [0.15, 0.2) is 18.2 Å². The zero-order valence-corrected chi connectivity index (χ0v) is 9.51. The summed E-state index contributed by atoms with van der Waals surface area (Å²) in [6.45, 7) is -0.445. The van der Waals surface area contributed by atoms with Crippen molar-refractivity contribution in [2.45, 2.75) is 6.10 Å². The number of anilines is 1. The van der Waals surface area contributed by atoms with E-state index in [1.807, 2.05) is 0 Å². The highest BCUT2D eigenvalue weighted by molar-refractivity contribution is 5.99. The van der Waals surface area contributed by atoms with Gasteiger partial charge in [0.2, 0.25) is 0 Å². The van der Waals surface area contributed by atoms with Crippen LogP contribution in [0.3, 0.4) is 0 Å². The first-order valence-electron chi connectivity index (χ1n) is 5.09. The Morgan fingerprint density at radius 2 is 2.29 bits per heavy atom. The first kappa shape index (κ1) is 13.3. The van der Waals surface area contributed by atoms with E-state index >= 15 is 0 Å². The van der Waals surface area contributed by atoms with Crippen molar-refractivity contribution in [1.82, 2.24) is 5.32 Å². The average Bonchev–Trinajstić information content (AvgIpc) is 2.36. The maximum atomic E-state index is 11.7. The van der Waals surface area contributed by atoms with E-state index < -0.39 is 18.6 Å². The lowest BCUT2D eigenvalue weighted by atomic mass is 10.1. The van der Waals surface area contributed by atoms with Crippen LogP contribution in [0.4, 0.5) is 5.69 Å². The van der Waals surface area contributed by atoms with Crippen molar-refractivity contribution in [3.05, 3.63) is 23.8 Å². The van der Waals surface area contributed by atoms with Crippen molar-refractivity contribution in [3.8, 4) is 5.75 Å². The lowest BCUT2D eigenvalue weighted by Gasteiger charge is -2.11. The number of carbonyl (C=O) groups excluding carboxylic acids is 1. The van der Waals surface area contributed by atoms with Crippen LogP contribution < -0.4 is 15.8 Å². The molecule has 17 heavy (non-hydrogen) atoms. The molecule has 0 aromatic heterocycles. The summed E-state index contributed by atoms with van der Waals surface area (Å²) >= 11 is 0. The molecule has 0 bridgehead atoms. The molecule has 0 saturated heterocycles. The second-order valence-electron chi connectivity index (χ2n) is 3.50. The number of amides is 1. The number of methoxy groups -OCH3 is 1. The molecule has 0 spiro atoms. The van der Waals surface area contributed by atoms with Crippen molar-refractivity contribution in [2.24, 2.45) is 0 Å². The van der Waals surface area contributed by atoms with Crippen LogP contribution >= 0.6 is 0 Å². The predicted molar refractivity (Wildman–Crippen MR) is 62.8 cm³/mol. The van der Waals surface area contributed by atoms with Gasteiger partial charge in [-0.15, -0.1) is 0 Å². The highest BCUT2D eigenvalue weighted by atomic mass is 16.5. The molecular formula is C11H16N2O4. The molecule has 1 atom stereocenters. The number of nitrogens with two attached hydrogens (primary N) is 1. The van der Waals surface area contributed by atoms with Gasteiger partial charge in [-0.25, -0.2) is 0 Å². The van der Waals surface area contributed by atoms with Crippen molar-refractivity contribution in [2.75, 3.05) is 26.0 Å². The smallest absolute Gasteiger partial charge is 0.253 e. The molecule has 0 heterocycles. The first-order valence-corrected chi connectivity index (χ1v) is 5.09. The van der Waals surface area contributed by atoms with Crippen LogP contribution in [0, 0.1) is 0 Å². The van der Waals surface area contributed by atoms with E-state index in [4.69, 9.17) is 20.7 Å². The van der Waals surface area contributed by atoms with Gasteiger partial charge >= 0.3 is 0 Å². The number of nitrogens with one attached hydrogen (secondary N) is 1. The maximum Gasteiger partial charge on any atom is 0.253 e. The number of carbonyl (C=O) groups is 1. The Hall–Kier alpha value is -1.79. The molecule has 1 amide bonds. The fourth-order valence-corrected chi connectivity index (χ4v) is 1.23. The second kappa shape index (κ2) is 6.07. The van der Waals surface area contributed by atoms with Gasteiger partial charge in [0.05, 0.1) is 25.4 Å². The van der Waals surface area contributed by atoms with Gasteiger partial charge in [-0.05, 0) is 18.2 Å². The zero-order valence-electron chi connectivity index (χ0n) is 9.51. The van der Waals surface area contributed by atoms with E-state index in [1.165, 1.54) is 13.2 Å². The molecule has 0 aliphatic rings. The number of rotatable bonds is 5. The quantitative estimate of drug-likeness (QED) is 0.512. The van der Waals surface area contributed by atoms with Gasteiger partial charge in [0.15, 0.2) is 0 Å². The maximum absolute atomic E-state index is 11.7. The van der Waals surface area contributed by atoms with Gasteiger partial charge in [0, 0.05) is 12.2 Å². The Morgan fingerprint density at radius 3 is 2.88 bits per heavy atom. The lowest BCUT2D eigenvalue weighted by Crippen LogP contribution is -2.34. The van der Waals surface area contributed by atoms with E-state index in [1.54, 1.807) is 12.1 Å². The number of hydrogen-bond donors (Lipinski definition) is 4. The summed E-state index contributed by atoms with van der Waals surface area (Å²) in [5, 5.41) is 20.2.